The van der Waals surface area contributed by atoms with Gasteiger partial charge in [0.05, 0.1) is 6.07 Å². The van der Waals surface area contributed by atoms with E-state index >= 15 is 0 Å². The second kappa shape index (κ2) is 5.90. The summed E-state index contributed by atoms with van der Waals surface area (Å²) in [4.78, 5) is 0. The average Bonchev–Trinajstić information content (AvgIpc) is 2.24. The summed E-state index contributed by atoms with van der Waals surface area (Å²) in [7, 11) is 0. The Balaban J connectivity index is 3.16. The Kier molecular flexibility index (Phi) is 4.70. The molecule has 0 amide bonds. The summed E-state index contributed by atoms with van der Waals surface area (Å²) >= 11 is 0. The van der Waals surface area contributed by atoms with Gasteiger partial charge in [-0.15, -0.1) is 26.3 Å². The van der Waals surface area contributed by atoms with Crippen molar-refractivity contribution in [3.05, 3.63) is 23.8 Å². The Morgan fingerprint density at radius 2 is 1.40 bits per heavy atom. The lowest BCUT2D eigenvalue weighted by Gasteiger charge is -2.17. The third-order valence-corrected chi connectivity index (χ3v) is 2.03. The molecule has 0 aliphatic heterocycles. The lowest BCUT2D eigenvalue weighted by atomic mass is 10.1. The SMILES string of the molecule is N#CCCc1c(OC(F)(F)F)cccc1OC(F)(F)F. The van der Waals surface area contributed by atoms with Crippen LogP contribution in [0.5, 0.6) is 11.5 Å². The number of nitrogens with zero attached hydrogens (tertiary/aromatic N) is 1. The van der Waals surface area contributed by atoms with Gasteiger partial charge in [0.1, 0.15) is 11.5 Å². The van der Waals surface area contributed by atoms with Gasteiger partial charge in [0.25, 0.3) is 0 Å². The summed E-state index contributed by atoms with van der Waals surface area (Å²) in [5, 5.41) is 8.40. The zero-order chi connectivity index (χ0) is 15.4. The molecule has 1 aromatic rings. The Morgan fingerprint density at radius 3 is 1.75 bits per heavy atom. The van der Waals surface area contributed by atoms with Crippen LogP contribution in [0.3, 0.4) is 0 Å². The Morgan fingerprint density at radius 1 is 0.950 bits per heavy atom. The summed E-state index contributed by atoms with van der Waals surface area (Å²) in [5.41, 5.74) is -0.469. The van der Waals surface area contributed by atoms with E-state index in [-0.39, 0.29) is 12.8 Å². The largest absolute Gasteiger partial charge is 0.573 e. The first kappa shape index (κ1) is 15.9. The van der Waals surface area contributed by atoms with Crippen molar-refractivity contribution in [1.29, 1.82) is 5.26 Å². The van der Waals surface area contributed by atoms with Crippen molar-refractivity contribution >= 4 is 0 Å². The van der Waals surface area contributed by atoms with Gasteiger partial charge in [-0.3, -0.25) is 0 Å². The maximum atomic E-state index is 12.2. The maximum absolute atomic E-state index is 12.2. The molecule has 1 rings (SSSR count). The zero-order valence-electron chi connectivity index (χ0n) is 9.68. The lowest BCUT2D eigenvalue weighted by Crippen LogP contribution is -2.20. The summed E-state index contributed by atoms with van der Waals surface area (Å²) in [6.07, 6.45) is -10.8. The molecule has 0 aliphatic carbocycles. The molecular weight excluding hydrogens is 292 g/mol. The van der Waals surface area contributed by atoms with E-state index in [1.165, 1.54) is 0 Å². The van der Waals surface area contributed by atoms with E-state index in [0.717, 1.165) is 18.2 Å². The average molecular weight is 299 g/mol. The van der Waals surface area contributed by atoms with Gasteiger partial charge in [-0.1, -0.05) is 6.07 Å². The molecule has 0 saturated heterocycles. The van der Waals surface area contributed by atoms with Gasteiger partial charge in [-0.2, -0.15) is 5.26 Å². The highest BCUT2D eigenvalue weighted by atomic mass is 19.4. The molecule has 0 spiro atoms. The number of halogens is 6. The second-order valence-corrected chi connectivity index (χ2v) is 3.49. The lowest BCUT2D eigenvalue weighted by molar-refractivity contribution is -0.277. The van der Waals surface area contributed by atoms with Crippen LogP contribution < -0.4 is 9.47 Å². The summed E-state index contributed by atoms with van der Waals surface area (Å²) < 4.78 is 80.2. The molecule has 0 fully saturated rings. The summed E-state index contributed by atoms with van der Waals surface area (Å²) in [5.74, 6) is -1.65. The highest BCUT2D eigenvalue weighted by molar-refractivity contribution is 5.45. The van der Waals surface area contributed by atoms with Crippen LogP contribution in [0.25, 0.3) is 0 Å². The smallest absolute Gasteiger partial charge is 0.405 e. The van der Waals surface area contributed by atoms with E-state index in [9.17, 15) is 26.3 Å². The van der Waals surface area contributed by atoms with Crippen molar-refractivity contribution in [3.8, 4) is 17.6 Å². The van der Waals surface area contributed by atoms with E-state index in [1.807, 2.05) is 0 Å². The van der Waals surface area contributed by atoms with E-state index in [0.29, 0.717) is 0 Å². The number of ether oxygens (including phenoxy) is 2. The molecular formula is C11H7F6NO2. The van der Waals surface area contributed by atoms with Gasteiger partial charge < -0.3 is 9.47 Å². The molecule has 0 aromatic heterocycles. The van der Waals surface area contributed by atoms with Crippen LogP contribution in [-0.2, 0) is 6.42 Å². The summed E-state index contributed by atoms with van der Waals surface area (Å²) in [6, 6.07) is 4.25. The predicted octanol–water partition coefficient (Wildman–Crippen LogP) is 3.94. The second-order valence-electron chi connectivity index (χ2n) is 3.49. The molecule has 110 valence electrons. The molecule has 3 nitrogen and oxygen atoms in total. The molecule has 0 radical (unpaired) electrons. The first-order valence-corrected chi connectivity index (χ1v) is 5.13. The fourth-order valence-electron chi connectivity index (χ4n) is 1.41. The van der Waals surface area contributed by atoms with Crippen molar-refractivity contribution in [1.82, 2.24) is 0 Å². The monoisotopic (exact) mass is 299 g/mol. The topological polar surface area (TPSA) is 42.2 Å². The quantitative estimate of drug-likeness (QED) is 0.791. The predicted molar refractivity (Wildman–Crippen MR) is 53.7 cm³/mol. The number of hydrogen-bond acceptors (Lipinski definition) is 3. The van der Waals surface area contributed by atoms with Crippen LogP contribution in [0.4, 0.5) is 26.3 Å². The molecule has 0 atom stereocenters. The van der Waals surface area contributed by atoms with Gasteiger partial charge in [0.15, 0.2) is 0 Å². The molecule has 0 heterocycles. The molecule has 0 unspecified atom stereocenters. The van der Waals surface area contributed by atoms with Crippen molar-refractivity contribution in [2.24, 2.45) is 0 Å². The first-order valence-electron chi connectivity index (χ1n) is 5.13. The number of alkyl halides is 6. The summed E-state index contributed by atoms with van der Waals surface area (Å²) in [6.45, 7) is 0. The highest BCUT2D eigenvalue weighted by Gasteiger charge is 2.35. The minimum absolute atomic E-state index is 0.285. The molecule has 9 heteroatoms. The van der Waals surface area contributed by atoms with Gasteiger partial charge in [-0.25, -0.2) is 0 Å². The van der Waals surface area contributed by atoms with Crippen molar-refractivity contribution in [2.75, 3.05) is 0 Å². The van der Waals surface area contributed by atoms with Gasteiger partial charge in [0, 0.05) is 12.0 Å². The number of hydrogen-bond donors (Lipinski definition) is 0. The maximum Gasteiger partial charge on any atom is 0.573 e. The fraction of sp³-hybridized carbons (Fsp3) is 0.364. The van der Waals surface area contributed by atoms with Crippen LogP contribution in [-0.4, -0.2) is 12.7 Å². The van der Waals surface area contributed by atoms with E-state index in [1.54, 1.807) is 6.07 Å². The van der Waals surface area contributed by atoms with Gasteiger partial charge in [-0.05, 0) is 18.6 Å². The molecule has 0 aliphatic rings. The van der Waals surface area contributed by atoms with Crippen LogP contribution in [0.2, 0.25) is 0 Å². The van der Waals surface area contributed by atoms with Crippen molar-refractivity contribution < 1.29 is 35.8 Å². The van der Waals surface area contributed by atoms with Gasteiger partial charge >= 0.3 is 12.7 Å². The minimum atomic E-state index is -5.06. The first-order chi connectivity index (χ1) is 9.12. The molecule has 20 heavy (non-hydrogen) atoms. The fourth-order valence-corrected chi connectivity index (χ4v) is 1.41. The zero-order valence-corrected chi connectivity index (χ0v) is 9.68. The Labute approximate surface area is 109 Å². The molecule has 0 saturated carbocycles. The van der Waals surface area contributed by atoms with E-state index in [2.05, 4.69) is 9.47 Å². The Bertz CT molecular complexity index is 469. The number of benzene rings is 1. The molecule has 0 bridgehead atoms. The Hall–Kier alpha value is -2.11. The number of nitriles is 1. The van der Waals surface area contributed by atoms with Gasteiger partial charge in [0.2, 0.25) is 0 Å². The highest BCUT2D eigenvalue weighted by Crippen LogP contribution is 2.35. The minimum Gasteiger partial charge on any atom is -0.405 e. The molecule has 1 aromatic carbocycles. The van der Waals surface area contributed by atoms with Crippen LogP contribution >= 0.6 is 0 Å². The van der Waals surface area contributed by atoms with Crippen LogP contribution in [0, 0.1) is 11.3 Å². The van der Waals surface area contributed by atoms with Crippen LogP contribution in [0.15, 0.2) is 18.2 Å². The third-order valence-electron chi connectivity index (χ3n) is 2.03. The van der Waals surface area contributed by atoms with Crippen molar-refractivity contribution in [2.45, 2.75) is 25.6 Å². The molecule has 0 N–H and O–H groups in total. The standard InChI is InChI=1S/C11H7F6NO2/c12-10(13,14)19-8-4-1-5-9(20-11(15,16)17)7(8)3-2-6-18/h1,4-5H,2-3H2. The normalized spacial score (nSPS) is 11.8. The van der Waals surface area contributed by atoms with Crippen molar-refractivity contribution in [3.63, 3.8) is 0 Å². The van der Waals surface area contributed by atoms with Crippen LogP contribution in [0.1, 0.15) is 12.0 Å². The third kappa shape index (κ3) is 5.26. The number of rotatable bonds is 4. The van der Waals surface area contributed by atoms with E-state index in [4.69, 9.17) is 5.26 Å². The van der Waals surface area contributed by atoms with E-state index < -0.39 is 29.8 Å².